The molecule has 0 aliphatic carbocycles. The number of aromatic nitrogens is 1. The maximum Gasteiger partial charge on any atom is 0.244 e. The lowest BCUT2D eigenvalue weighted by molar-refractivity contribution is 0.379. The van der Waals surface area contributed by atoms with Gasteiger partial charge in [0.25, 0.3) is 0 Å². The van der Waals surface area contributed by atoms with Gasteiger partial charge in [-0.3, -0.25) is 0 Å². The first-order chi connectivity index (χ1) is 9.36. The van der Waals surface area contributed by atoms with Crippen LogP contribution in [0.2, 0.25) is 0 Å². The predicted molar refractivity (Wildman–Crippen MR) is 81.4 cm³/mol. The summed E-state index contributed by atoms with van der Waals surface area (Å²) in [6.45, 7) is 5.22. The number of sulfonamides is 1. The summed E-state index contributed by atoms with van der Waals surface area (Å²) in [5, 5.41) is 2.97. The number of hydrogen-bond acceptors (Lipinski definition) is 5. The minimum Gasteiger partial charge on any atom is -0.369 e. The van der Waals surface area contributed by atoms with E-state index in [0.29, 0.717) is 12.4 Å². The average molecular weight is 300 g/mol. The first-order valence-electron chi connectivity index (χ1n) is 6.72. The molecule has 7 heteroatoms. The van der Waals surface area contributed by atoms with Crippen molar-refractivity contribution in [3.63, 3.8) is 0 Å². The third-order valence-corrected chi connectivity index (χ3v) is 4.39. The van der Waals surface area contributed by atoms with E-state index >= 15 is 0 Å². The number of nitrogens with one attached hydrogen (secondary N) is 2. The van der Waals surface area contributed by atoms with Crippen molar-refractivity contribution in [1.29, 1.82) is 0 Å². The number of pyridine rings is 1. The summed E-state index contributed by atoms with van der Waals surface area (Å²) in [5.74, 6) is 0.391. The number of nitrogens with zero attached hydrogens (tertiary/aromatic N) is 2. The maximum absolute atomic E-state index is 12.4. The molecule has 20 heavy (non-hydrogen) atoms. The van der Waals surface area contributed by atoms with E-state index in [1.807, 2.05) is 32.8 Å². The van der Waals surface area contributed by atoms with Crippen molar-refractivity contribution in [2.75, 3.05) is 32.5 Å². The maximum atomic E-state index is 12.4. The van der Waals surface area contributed by atoms with Gasteiger partial charge in [-0.2, -0.15) is 0 Å². The van der Waals surface area contributed by atoms with Gasteiger partial charge in [-0.15, -0.1) is 0 Å². The molecule has 1 aromatic heterocycles. The topological polar surface area (TPSA) is 74.3 Å². The Morgan fingerprint density at radius 2 is 2.10 bits per heavy atom. The molecule has 6 nitrogen and oxygen atoms in total. The summed E-state index contributed by atoms with van der Waals surface area (Å²) < 4.78 is 27.4. The van der Waals surface area contributed by atoms with E-state index in [0.717, 1.165) is 13.0 Å². The van der Waals surface area contributed by atoms with Crippen LogP contribution in [-0.2, 0) is 10.0 Å². The Kier molecular flexibility index (Phi) is 6.38. The number of hydrogen-bond donors (Lipinski definition) is 2. The highest BCUT2D eigenvalue weighted by Crippen LogP contribution is 2.18. The molecule has 0 aliphatic rings. The minimum atomic E-state index is -3.55. The SMILES string of the molecule is CCNc1ncccc1S(=O)(=O)NC(C)CCN(C)C. The van der Waals surface area contributed by atoms with E-state index in [4.69, 9.17) is 0 Å². The van der Waals surface area contributed by atoms with Gasteiger partial charge in [-0.05, 0) is 53.0 Å². The molecular formula is C13H24N4O2S. The van der Waals surface area contributed by atoms with Gasteiger partial charge in [0.2, 0.25) is 10.0 Å². The van der Waals surface area contributed by atoms with Crippen molar-refractivity contribution in [1.82, 2.24) is 14.6 Å². The standard InChI is InChI=1S/C13H24N4O2S/c1-5-14-13-12(7-6-9-15-13)20(18,19)16-11(2)8-10-17(3)4/h6-7,9,11,16H,5,8,10H2,1-4H3,(H,14,15). The monoisotopic (exact) mass is 300 g/mol. The van der Waals surface area contributed by atoms with Crippen LogP contribution in [0.15, 0.2) is 23.2 Å². The Balaban J connectivity index is 2.83. The molecule has 0 saturated carbocycles. The van der Waals surface area contributed by atoms with Crippen LogP contribution in [-0.4, -0.2) is 51.5 Å². The molecule has 1 heterocycles. The highest BCUT2D eigenvalue weighted by atomic mass is 32.2. The van der Waals surface area contributed by atoms with Crippen LogP contribution >= 0.6 is 0 Å². The molecule has 0 bridgehead atoms. The Labute approximate surface area is 121 Å². The van der Waals surface area contributed by atoms with Gasteiger partial charge in [0.05, 0.1) is 0 Å². The molecule has 0 amide bonds. The molecule has 1 unspecified atom stereocenters. The smallest absolute Gasteiger partial charge is 0.244 e. The molecule has 0 aromatic carbocycles. The fourth-order valence-corrected chi connectivity index (χ4v) is 3.16. The van der Waals surface area contributed by atoms with Gasteiger partial charge < -0.3 is 10.2 Å². The highest BCUT2D eigenvalue weighted by molar-refractivity contribution is 7.89. The second-order valence-corrected chi connectivity index (χ2v) is 6.68. The van der Waals surface area contributed by atoms with Crippen LogP contribution < -0.4 is 10.0 Å². The van der Waals surface area contributed by atoms with Gasteiger partial charge in [-0.25, -0.2) is 18.1 Å². The molecule has 0 saturated heterocycles. The van der Waals surface area contributed by atoms with E-state index in [-0.39, 0.29) is 10.9 Å². The van der Waals surface area contributed by atoms with Crippen molar-refractivity contribution in [2.24, 2.45) is 0 Å². The van der Waals surface area contributed by atoms with Crippen molar-refractivity contribution in [2.45, 2.75) is 31.2 Å². The van der Waals surface area contributed by atoms with Gasteiger partial charge >= 0.3 is 0 Å². The van der Waals surface area contributed by atoms with E-state index in [1.165, 1.54) is 0 Å². The van der Waals surface area contributed by atoms with Crippen LogP contribution in [0.4, 0.5) is 5.82 Å². The lowest BCUT2D eigenvalue weighted by Gasteiger charge is -2.18. The summed E-state index contributed by atoms with van der Waals surface area (Å²) >= 11 is 0. The van der Waals surface area contributed by atoms with Crippen molar-refractivity contribution in [3.05, 3.63) is 18.3 Å². The van der Waals surface area contributed by atoms with Gasteiger partial charge in [0.15, 0.2) is 0 Å². The molecule has 114 valence electrons. The zero-order valence-corrected chi connectivity index (χ0v) is 13.4. The van der Waals surface area contributed by atoms with E-state index in [9.17, 15) is 8.42 Å². The van der Waals surface area contributed by atoms with Crippen molar-refractivity contribution >= 4 is 15.8 Å². The quantitative estimate of drug-likeness (QED) is 0.753. The van der Waals surface area contributed by atoms with Crippen molar-refractivity contribution in [3.8, 4) is 0 Å². The highest BCUT2D eigenvalue weighted by Gasteiger charge is 2.21. The summed E-state index contributed by atoms with van der Waals surface area (Å²) in [7, 11) is 0.374. The largest absolute Gasteiger partial charge is 0.369 e. The molecule has 0 aliphatic heterocycles. The first kappa shape index (κ1) is 16.9. The minimum absolute atomic E-state index is 0.128. The second-order valence-electron chi connectivity index (χ2n) is 4.99. The Hall–Kier alpha value is -1.18. The summed E-state index contributed by atoms with van der Waals surface area (Å²) in [6, 6.07) is 3.06. The normalized spacial score (nSPS) is 13.4. The molecule has 1 aromatic rings. The van der Waals surface area contributed by atoms with Crippen LogP contribution in [0.25, 0.3) is 0 Å². The zero-order chi connectivity index (χ0) is 15.2. The first-order valence-corrected chi connectivity index (χ1v) is 8.21. The predicted octanol–water partition coefficient (Wildman–Crippen LogP) is 1.13. The lowest BCUT2D eigenvalue weighted by Crippen LogP contribution is -2.35. The summed E-state index contributed by atoms with van der Waals surface area (Å²) in [6.07, 6.45) is 2.33. The van der Waals surface area contributed by atoms with Gasteiger partial charge in [0, 0.05) is 18.8 Å². The van der Waals surface area contributed by atoms with Crippen molar-refractivity contribution < 1.29 is 8.42 Å². The Morgan fingerprint density at radius 3 is 2.70 bits per heavy atom. The van der Waals surface area contributed by atoms with E-state index in [1.54, 1.807) is 18.3 Å². The fraction of sp³-hybridized carbons (Fsp3) is 0.615. The van der Waals surface area contributed by atoms with Crippen LogP contribution in [0.3, 0.4) is 0 Å². The van der Waals surface area contributed by atoms with Crippen LogP contribution in [0.1, 0.15) is 20.3 Å². The van der Waals surface area contributed by atoms with E-state index in [2.05, 4.69) is 15.0 Å². The second kappa shape index (κ2) is 7.56. The number of rotatable bonds is 8. The van der Waals surface area contributed by atoms with Gasteiger partial charge in [0.1, 0.15) is 10.7 Å². The average Bonchev–Trinajstić information content (AvgIpc) is 2.37. The van der Waals surface area contributed by atoms with E-state index < -0.39 is 10.0 Å². The zero-order valence-electron chi connectivity index (χ0n) is 12.5. The third-order valence-electron chi connectivity index (χ3n) is 2.77. The van der Waals surface area contributed by atoms with Gasteiger partial charge in [-0.1, -0.05) is 0 Å². The molecule has 0 spiro atoms. The van der Waals surface area contributed by atoms with Crippen LogP contribution in [0, 0.1) is 0 Å². The Bertz CT molecular complexity index is 517. The number of anilines is 1. The molecule has 0 radical (unpaired) electrons. The molecule has 1 atom stereocenters. The molecule has 0 fully saturated rings. The fourth-order valence-electron chi connectivity index (χ4n) is 1.75. The summed E-state index contributed by atoms with van der Waals surface area (Å²) in [5.41, 5.74) is 0. The lowest BCUT2D eigenvalue weighted by atomic mass is 10.2. The summed E-state index contributed by atoms with van der Waals surface area (Å²) in [4.78, 5) is 6.30. The van der Waals surface area contributed by atoms with Crippen LogP contribution in [0.5, 0.6) is 0 Å². The molecular weight excluding hydrogens is 276 g/mol. The molecule has 1 rings (SSSR count). The molecule has 2 N–H and O–H groups in total. The third kappa shape index (κ3) is 5.07. The Morgan fingerprint density at radius 1 is 1.40 bits per heavy atom.